The molecule has 1 aliphatic heterocycles. The molecule has 3 rings (SSSR count). The minimum absolute atomic E-state index is 0.0396. The van der Waals surface area contributed by atoms with E-state index >= 15 is 0 Å². The van der Waals surface area contributed by atoms with E-state index in [1.54, 1.807) is 18.9 Å². The number of amides is 2. The summed E-state index contributed by atoms with van der Waals surface area (Å²) in [5, 5.41) is 5.78. The highest BCUT2D eigenvalue weighted by Crippen LogP contribution is 2.22. The molecule has 2 aromatic rings. The van der Waals surface area contributed by atoms with Gasteiger partial charge in [0.1, 0.15) is 5.75 Å². The van der Waals surface area contributed by atoms with Crippen molar-refractivity contribution >= 4 is 29.3 Å². The largest absolute Gasteiger partial charge is 0.497 e. The van der Waals surface area contributed by atoms with E-state index in [4.69, 9.17) is 4.74 Å². The van der Waals surface area contributed by atoms with Crippen LogP contribution < -0.4 is 20.3 Å². The number of carbonyl (C=O) groups excluding carboxylic acids is 2. The van der Waals surface area contributed by atoms with Crippen molar-refractivity contribution in [1.29, 1.82) is 0 Å². The number of nitrogens with one attached hydrogen (secondary N) is 2. The number of piperazine rings is 1. The summed E-state index contributed by atoms with van der Waals surface area (Å²) in [5.74, 6) is 1.65. The van der Waals surface area contributed by atoms with Crippen LogP contribution in [0, 0.1) is 0 Å². The van der Waals surface area contributed by atoms with Crippen molar-refractivity contribution in [2.45, 2.75) is 17.9 Å². The minimum Gasteiger partial charge on any atom is -0.497 e. The van der Waals surface area contributed by atoms with Gasteiger partial charge in [0.25, 0.3) is 0 Å². The molecule has 1 heterocycles. The lowest BCUT2D eigenvalue weighted by Crippen LogP contribution is -2.47. The van der Waals surface area contributed by atoms with Crippen LogP contribution in [0.15, 0.2) is 53.4 Å². The van der Waals surface area contributed by atoms with E-state index in [0.29, 0.717) is 26.1 Å². The van der Waals surface area contributed by atoms with Gasteiger partial charge in [0.05, 0.1) is 13.7 Å². The smallest absolute Gasteiger partial charge is 0.239 e. The van der Waals surface area contributed by atoms with E-state index in [0.717, 1.165) is 34.2 Å². The van der Waals surface area contributed by atoms with Crippen molar-refractivity contribution in [1.82, 2.24) is 10.6 Å². The molecule has 2 aromatic carbocycles. The summed E-state index contributed by atoms with van der Waals surface area (Å²) in [4.78, 5) is 26.7. The van der Waals surface area contributed by atoms with Gasteiger partial charge in [-0.15, -0.1) is 11.8 Å². The molecule has 1 fully saturated rings. The van der Waals surface area contributed by atoms with Gasteiger partial charge in [-0.25, -0.2) is 0 Å². The van der Waals surface area contributed by atoms with Crippen molar-refractivity contribution in [3.8, 4) is 5.75 Å². The highest BCUT2D eigenvalue weighted by molar-refractivity contribution is 7.99. The van der Waals surface area contributed by atoms with Crippen LogP contribution in [0.2, 0.25) is 0 Å². The van der Waals surface area contributed by atoms with Gasteiger partial charge in [-0.2, -0.15) is 0 Å². The van der Waals surface area contributed by atoms with E-state index in [9.17, 15) is 9.59 Å². The Kier molecular flexibility index (Phi) is 7.19. The van der Waals surface area contributed by atoms with Crippen LogP contribution in [0.3, 0.4) is 0 Å². The third-order valence-electron chi connectivity index (χ3n) is 4.49. The first-order chi connectivity index (χ1) is 13.6. The van der Waals surface area contributed by atoms with Crippen molar-refractivity contribution in [2.24, 2.45) is 0 Å². The van der Waals surface area contributed by atoms with E-state index in [1.807, 2.05) is 48.5 Å². The molecule has 0 unspecified atom stereocenters. The molecule has 0 aromatic heterocycles. The van der Waals surface area contributed by atoms with E-state index in [1.165, 1.54) is 0 Å². The van der Waals surface area contributed by atoms with Gasteiger partial charge in [0.2, 0.25) is 11.8 Å². The monoisotopic (exact) mass is 399 g/mol. The standard InChI is InChI=1S/C21H25N3O3S/c1-27-18-6-8-19(9-7-18)28-13-10-20(25)23-14-16-2-4-17(5-3-16)24-12-11-22-21(26)15-24/h2-9H,10-15H2,1H3,(H,22,26)(H,23,25). The average molecular weight is 400 g/mol. The Hall–Kier alpha value is -2.67. The molecular weight excluding hydrogens is 374 g/mol. The molecule has 7 heteroatoms. The lowest BCUT2D eigenvalue weighted by atomic mass is 10.2. The maximum Gasteiger partial charge on any atom is 0.239 e. The van der Waals surface area contributed by atoms with Crippen LogP contribution in [0.5, 0.6) is 5.75 Å². The van der Waals surface area contributed by atoms with Crippen molar-refractivity contribution in [2.75, 3.05) is 37.4 Å². The molecule has 1 aliphatic rings. The number of hydrogen-bond acceptors (Lipinski definition) is 5. The third-order valence-corrected chi connectivity index (χ3v) is 5.50. The highest BCUT2D eigenvalue weighted by atomic mass is 32.2. The second-order valence-electron chi connectivity index (χ2n) is 6.49. The van der Waals surface area contributed by atoms with Gasteiger partial charge < -0.3 is 20.3 Å². The molecule has 0 spiro atoms. The Morgan fingerprint density at radius 1 is 1.18 bits per heavy atom. The lowest BCUT2D eigenvalue weighted by Gasteiger charge is -2.28. The molecule has 0 radical (unpaired) electrons. The molecule has 0 saturated carbocycles. The normalized spacial score (nSPS) is 13.8. The van der Waals surface area contributed by atoms with Gasteiger partial charge >= 0.3 is 0 Å². The van der Waals surface area contributed by atoms with E-state index < -0.39 is 0 Å². The zero-order chi connectivity index (χ0) is 19.8. The van der Waals surface area contributed by atoms with Gasteiger partial charge in [0.15, 0.2) is 0 Å². The second kappa shape index (κ2) is 10.0. The number of nitrogens with zero attached hydrogens (tertiary/aromatic N) is 1. The molecule has 0 atom stereocenters. The van der Waals surface area contributed by atoms with Crippen molar-refractivity contribution in [3.05, 3.63) is 54.1 Å². The van der Waals surface area contributed by atoms with Gasteiger partial charge in [-0.05, 0) is 42.0 Å². The number of anilines is 1. The Balaban J connectivity index is 1.38. The molecule has 0 aliphatic carbocycles. The fourth-order valence-electron chi connectivity index (χ4n) is 2.91. The molecule has 1 saturated heterocycles. The molecule has 148 valence electrons. The Bertz CT molecular complexity index is 794. The first kappa shape index (κ1) is 20.1. The zero-order valence-electron chi connectivity index (χ0n) is 15.9. The topological polar surface area (TPSA) is 70.7 Å². The molecular formula is C21H25N3O3S. The van der Waals surface area contributed by atoms with E-state index in [2.05, 4.69) is 15.5 Å². The van der Waals surface area contributed by atoms with Gasteiger partial charge in [0, 0.05) is 42.4 Å². The minimum atomic E-state index is 0.0396. The fraction of sp³-hybridized carbons (Fsp3) is 0.333. The van der Waals surface area contributed by atoms with Crippen molar-refractivity contribution in [3.63, 3.8) is 0 Å². The van der Waals surface area contributed by atoms with Gasteiger partial charge in [-0.1, -0.05) is 12.1 Å². The van der Waals surface area contributed by atoms with Crippen LogP contribution in [0.1, 0.15) is 12.0 Å². The summed E-state index contributed by atoms with van der Waals surface area (Å²) in [6, 6.07) is 15.8. The summed E-state index contributed by atoms with van der Waals surface area (Å²) in [6.07, 6.45) is 0.470. The quantitative estimate of drug-likeness (QED) is 0.667. The number of carbonyl (C=O) groups is 2. The molecule has 2 N–H and O–H groups in total. The van der Waals surface area contributed by atoms with Crippen molar-refractivity contribution < 1.29 is 14.3 Å². The third kappa shape index (κ3) is 5.92. The number of thioether (sulfide) groups is 1. The van der Waals surface area contributed by atoms with E-state index in [-0.39, 0.29) is 11.8 Å². The molecule has 28 heavy (non-hydrogen) atoms. The number of hydrogen-bond donors (Lipinski definition) is 2. The summed E-state index contributed by atoms with van der Waals surface area (Å²) in [7, 11) is 1.64. The fourth-order valence-corrected chi connectivity index (χ4v) is 3.76. The lowest BCUT2D eigenvalue weighted by molar-refractivity contribution is -0.121. The van der Waals surface area contributed by atoms with Gasteiger partial charge in [-0.3, -0.25) is 9.59 Å². The number of rotatable bonds is 8. The second-order valence-corrected chi connectivity index (χ2v) is 7.66. The summed E-state index contributed by atoms with van der Waals surface area (Å²) in [6.45, 7) is 2.38. The number of methoxy groups -OCH3 is 1. The predicted octanol–water partition coefficient (Wildman–Crippen LogP) is 2.43. The van der Waals surface area contributed by atoms with Crippen LogP contribution >= 0.6 is 11.8 Å². The van der Waals surface area contributed by atoms with Crippen LogP contribution in [-0.4, -0.2) is 44.3 Å². The van der Waals surface area contributed by atoms with Crippen LogP contribution in [-0.2, 0) is 16.1 Å². The van der Waals surface area contributed by atoms with Crippen LogP contribution in [0.25, 0.3) is 0 Å². The summed E-state index contributed by atoms with van der Waals surface area (Å²) < 4.78 is 5.14. The Labute approximate surface area is 169 Å². The summed E-state index contributed by atoms with van der Waals surface area (Å²) in [5.41, 5.74) is 2.07. The highest BCUT2D eigenvalue weighted by Gasteiger charge is 2.16. The SMILES string of the molecule is COc1ccc(SCCC(=O)NCc2ccc(N3CCNC(=O)C3)cc2)cc1. The van der Waals surface area contributed by atoms with Crippen LogP contribution in [0.4, 0.5) is 5.69 Å². The maximum atomic E-state index is 12.1. The summed E-state index contributed by atoms with van der Waals surface area (Å²) >= 11 is 1.65. The predicted molar refractivity (Wildman–Crippen MR) is 112 cm³/mol. The Morgan fingerprint density at radius 2 is 1.93 bits per heavy atom. The first-order valence-corrected chi connectivity index (χ1v) is 10.3. The number of benzene rings is 2. The first-order valence-electron chi connectivity index (χ1n) is 9.28. The zero-order valence-corrected chi connectivity index (χ0v) is 16.8. The Morgan fingerprint density at radius 3 is 2.61 bits per heavy atom. The molecule has 6 nitrogen and oxygen atoms in total. The average Bonchev–Trinajstić information content (AvgIpc) is 2.73. The molecule has 0 bridgehead atoms. The number of ether oxygens (including phenoxy) is 1. The maximum absolute atomic E-state index is 12.1. The molecule has 2 amide bonds.